The molecule has 0 saturated heterocycles. The molecule has 206 valence electrons. The number of carbonyl (C=O) groups excluding carboxylic acids is 2. The molecule has 9 heteroatoms. The van der Waals surface area contributed by atoms with Gasteiger partial charge in [0, 0.05) is 25.1 Å². The molecule has 0 radical (unpaired) electrons. The zero-order valence-electron chi connectivity index (χ0n) is 22.4. The van der Waals surface area contributed by atoms with Crippen molar-refractivity contribution in [2.45, 2.75) is 77.0 Å². The van der Waals surface area contributed by atoms with Gasteiger partial charge < -0.3 is 34.5 Å². The van der Waals surface area contributed by atoms with Gasteiger partial charge in [-0.15, -0.1) is 0 Å². The molecule has 4 atom stereocenters. The van der Waals surface area contributed by atoms with E-state index in [4.69, 9.17) is 18.9 Å². The zero-order valence-corrected chi connectivity index (χ0v) is 22.4. The van der Waals surface area contributed by atoms with Gasteiger partial charge >= 0.3 is 12.1 Å². The third kappa shape index (κ3) is 10.6. The Kier molecular flexibility index (Phi) is 11.6. The molecule has 0 spiro atoms. The predicted molar refractivity (Wildman–Crippen MR) is 139 cm³/mol. The number of aliphatic hydroxyl groups excluding tert-OH is 1. The van der Waals surface area contributed by atoms with Gasteiger partial charge in [-0.2, -0.15) is 0 Å². The zero-order chi connectivity index (χ0) is 27.5. The Hall–Kier alpha value is -2.88. The number of benzene rings is 1. The predicted octanol–water partition coefficient (Wildman–Crippen LogP) is 3.67. The van der Waals surface area contributed by atoms with Crippen LogP contribution in [0.5, 0.6) is 5.75 Å². The average Bonchev–Trinajstić information content (AvgIpc) is 2.84. The summed E-state index contributed by atoms with van der Waals surface area (Å²) in [5.74, 6) is 0.255. The van der Waals surface area contributed by atoms with Gasteiger partial charge in [0.2, 0.25) is 0 Å². The van der Waals surface area contributed by atoms with Gasteiger partial charge in [-0.1, -0.05) is 31.2 Å². The van der Waals surface area contributed by atoms with E-state index in [9.17, 15) is 19.8 Å². The number of nitrogens with one attached hydrogen (secondary N) is 1. The summed E-state index contributed by atoms with van der Waals surface area (Å²) in [4.78, 5) is 23.8. The first-order valence-electron chi connectivity index (χ1n) is 12.6. The van der Waals surface area contributed by atoms with Crippen molar-refractivity contribution >= 4 is 12.1 Å². The van der Waals surface area contributed by atoms with E-state index in [1.54, 1.807) is 40.0 Å². The Morgan fingerprint density at radius 1 is 1.24 bits per heavy atom. The van der Waals surface area contributed by atoms with Gasteiger partial charge in [-0.25, -0.2) is 9.59 Å². The lowest BCUT2D eigenvalue weighted by atomic mass is 9.88. The smallest absolute Gasteiger partial charge is 0.407 e. The summed E-state index contributed by atoms with van der Waals surface area (Å²) < 4.78 is 21.5. The van der Waals surface area contributed by atoms with Crippen molar-refractivity contribution in [3.63, 3.8) is 0 Å². The maximum atomic E-state index is 12.0. The van der Waals surface area contributed by atoms with E-state index in [-0.39, 0.29) is 31.9 Å². The van der Waals surface area contributed by atoms with Gasteiger partial charge in [0.05, 0.1) is 19.8 Å². The minimum atomic E-state index is -1.70. The Balaban J connectivity index is 2.01. The number of carbonyl (C=O) groups is 2. The highest BCUT2D eigenvalue weighted by Gasteiger charge is 2.34. The molecule has 1 heterocycles. The van der Waals surface area contributed by atoms with Gasteiger partial charge in [0.15, 0.2) is 0 Å². The molecule has 0 aliphatic carbocycles. The van der Waals surface area contributed by atoms with Crippen LogP contribution in [0.15, 0.2) is 48.6 Å². The maximum absolute atomic E-state index is 12.0. The largest absolute Gasteiger partial charge is 0.497 e. The van der Waals surface area contributed by atoms with Crippen LogP contribution in [0, 0.1) is 5.92 Å². The molecule has 0 unspecified atom stereocenters. The lowest BCUT2D eigenvalue weighted by Crippen LogP contribution is -2.45. The topological polar surface area (TPSA) is 124 Å². The van der Waals surface area contributed by atoms with Crippen molar-refractivity contribution < 1.29 is 38.7 Å². The molecule has 1 amide bonds. The molecule has 1 aromatic carbocycles. The van der Waals surface area contributed by atoms with Gasteiger partial charge in [-0.3, -0.25) is 0 Å². The fraction of sp³-hybridized carbons (Fsp3) is 0.571. The van der Waals surface area contributed by atoms with Crippen molar-refractivity contribution in [2.24, 2.45) is 5.92 Å². The summed E-state index contributed by atoms with van der Waals surface area (Å²) in [6.45, 7) is 7.83. The Labute approximate surface area is 219 Å². The Bertz CT molecular complexity index is 921. The number of amides is 1. The molecule has 0 saturated carbocycles. The summed E-state index contributed by atoms with van der Waals surface area (Å²) in [5.41, 5.74) is -1.41. The molecule has 1 aliphatic rings. The number of methoxy groups -OCH3 is 1. The average molecular weight is 520 g/mol. The summed E-state index contributed by atoms with van der Waals surface area (Å²) >= 11 is 0. The number of rotatable bonds is 13. The van der Waals surface area contributed by atoms with Gasteiger partial charge in [0.1, 0.15) is 23.1 Å². The number of esters is 1. The summed E-state index contributed by atoms with van der Waals surface area (Å²) in [7, 11) is 1.60. The van der Waals surface area contributed by atoms with Crippen molar-refractivity contribution in [2.75, 3.05) is 20.3 Å². The lowest BCUT2D eigenvalue weighted by molar-refractivity contribution is -0.143. The molecule has 37 heavy (non-hydrogen) atoms. The number of ether oxygens (including phenoxy) is 4. The molecule has 0 bridgehead atoms. The van der Waals surface area contributed by atoms with Crippen LogP contribution in [-0.4, -0.2) is 65.9 Å². The number of hydrogen-bond acceptors (Lipinski definition) is 8. The second-order valence-electron chi connectivity index (χ2n) is 10.1. The van der Waals surface area contributed by atoms with E-state index < -0.39 is 35.5 Å². The highest BCUT2D eigenvalue weighted by Crippen LogP contribution is 2.25. The van der Waals surface area contributed by atoms with E-state index in [1.807, 2.05) is 31.2 Å². The van der Waals surface area contributed by atoms with Crippen molar-refractivity contribution in [3.8, 4) is 5.75 Å². The quantitative estimate of drug-likeness (QED) is 0.205. The molecule has 3 N–H and O–H groups in total. The van der Waals surface area contributed by atoms with Crippen LogP contribution in [0.4, 0.5) is 4.79 Å². The van der Waals surface area contributed by atoms with Gasteiger partial charge in [-0.05, 0) is 63.8 Å². The molecule has 1 aliphatic heterocycles. The summed E-state index contributed by atoms with van der Waals surface area (Å²) in [6, 6.07) is 7.46. The number of hydrogen-bond donors (Lipinski definition) is 3. The Morgan fingerprint density at radius 3 is 2.57 bits per heavy atom. The van der Waals surface area contributed by atoms with Crippen molar-refractivity contribution in [1.29, 1.82) is 0 Å². The van der Waals surface area contributed by atoms with Crippen molar-refractivity contribution in [3.05, 3.63) is 54.1 Å². The standard InChI is InChI=1S/C28H41NO8/c1-6-21-9-12-25(31)36-23(21)13-15-28(33,16-17-29-26(32)37-27(2,3)4)24(30)14-18-35-19-20-7-10-22(34-5)11-8-20/h7-13,15,21,23-24,30,33H,6,14,16-19H2,1-5H3,(H,29,32)/b15-13+/t21-,23-,24+,28-/m0/s1. The highest BCUT2D eigenvalue weighted by molar-refractivity contribution is 5.83. The summed E-state index contributed by atoms with van der Waals surface area (Å²) in [6.07, 6.45) is 4.75. The van der Waals surface area contributed by atoms with Crippen LogP contribution in [0.25, 0.3) is 0 Å². The third-order valence-electron chi connectivity index (χ3n) is 5.93. The van der Waals surface area contributed by atoms with Crippen molar-refractivity contribution in [1.82, 2.24) is 5.32 Å². The fourth-order valence-electron chi connectivity index (χ4n) is 3.78. The molecule has 9 nitrogen and oxygen atoms in total. The molecule has 0 fully saturated rings. The number of alkyl carbamates (subject to hydrolysis) is 1. The first kappa shape index (κ1) is 30.3. The molecular weight excluding hydrogens is 478 g/mol. The van der Waals surface area contributed by atoms with E-state index >= 15 is 0 Å². The normalized spacial score (nSPS) is 20.2. The first-order valence-corrected chi connectivity index (χ1v) is 12.6. The first-order chi connectivity index (χ1) is 17.5. The van der Waals surface area contributed by atoms with Gasteiger partial charge in [0.25, 0.3) is 0 Å². The molecular formula is C28H41NO8. The fourth-order valence-corrected chi connectivity index (χ4v) is 3.78. The summed E-state index contributed by atoms with van der Waals surface area (Å²) in [5, 5.41) is 24.9. The molecule has 1 aromatic rings. The van der Waals surface area contributed by atoms with Crippen LogP contribution in [0.2, 0.25) is 0 Å². The van der Waals surface area contributed by atoms with Crippen LogP contribution >= 0.6 is 0 Å². The minimum Gasteiger partial charge on any atom is -0.497 e. The Morgan fingerprint density at radius 2 is 1.95 bits per heavy atom. The number of aliphatic hydroxyl groups is 2. The van der Waals surface area contributed by atoms with E-state index in [1.165, 1.54) is 12.2 Å². The second kappa shape index (κ2) is 14.2. The van der Waals surface area contributed by atoms with E-state index in [0.717, 1.165) is 17.7 Å². The minimum absolute atomic E-state index is 0.00961. The lowest BCUT2D eigenvalue weighted by Gasteiger charge is -2.32. The highest BCUT2D eigenvalue weighted by atomic mass is 16.6. The number of cyclic esters (lactones) is 1. The molecule has 0 aromatic heterocycles. The van der Waals surface area contributed by atoms with Crippen LogP contribution in [0.1, 0.15) is 52.5 Å². The van der Waals surface area contributed by atoms with Crippen LogP contribution in [-0.2, 0) is 25.6 Å². The van der Waals surface area contributed by atoms with Crippen LogP contribution in [0.3, 0.4) is 0 Å². The van der Waals surface area contributed by atoms with Crippen LogP contribution < -0.4 is 10.1 Å². The third-order valence-corrected chi connectivity index (χ3v) is 5.93. The molecule has 2 rings (SSSR count). The van der Waals surface area contributed by atoms with E-state index in [2.05, 4.69) is 5.32 Å². The second-order valence-corrected chi connectivity index (χ2v) is 10.1. The van der Waals surface area contributed by atoms with E-state index in [0.29, 0.717) is 6.61 Å². The monoisotopic (exact) mass is 519 g/mol. The maximum Gasteiger partial charge on any atom is 0.407 e. The SMILES string of the molecule is CC[C@H]1C=CC(=O)O[C@H]1/C=C/[C@](O)(CCNC(=O)OC(C)(C)C)[C@H](O)CCOCc1ccc(OC)cc1.